The second-order valence-electron chi connectivity index (χ2n) is 4.57. The molecule has 0 bridgehead atoms. The molecule has 102 valence electrons. The van der Waals surface area contributed by atoms with Crippen LogP contribution in [0.15, 0.2) is 24.3 Å². The van der Waals surface area contributed by atoms with Crippen molar-refractivity contribution >= 4 is 29.4 Å². The molecule has 0 radical (unpaired) electrons. The normalized spacial score (nSPS) is 15.2. The number of hydrogen-bond donors (Lipinski definition) is 1. The van der Waals surface area contributed by atoms with Crippen LogP contribution in [0.1, 0.15) is 12.5 Å². The summed E-state index contributed by atoms with van der Waals surface area (Å²) in [5.74, 6) is 0. The first kappa shape index (κ1) is 13.8. The van der Waals surface area contributed by atoms with Crippen molar-refractivity contribution in [2.75, 3.05) is 31.5 Å². The van der Waals surface area contributed by atoms with E-state index in [0.29, 0.717) is 0 Å². The van der Waals surface area contributed by atoms with Gasteiger partial charge in [0.05, 0.1) is 0 Å². The number of hydrogen-bond acceptors (Lipinski definition) is 2. The monoisotopic (exact) mass is 277 g/mol. The molecular formula is C14H19N3OS. The Morgan fingerprint density at radius 3 is 2.63 bits per heavy atom. The van der Waals surface area contributed by atoms with Crippen molar-refractivity contribution in [1.82, 2.24) is 9.80 Å². The van der Waals surface area contributed by atoms with Crippen molar-refractivity contribution in [2.24, 2.45) is 0 Å². The van der Waals surface area contributed by atoms with Gasteiger partial charge in [-0.15, -0.1) is 0 Å². The van der Waals surface area contributed by atoms with Crippen LogP contribution < -0.4 is 5.32 Å². The number of benzene rings is 1. The Bertz CT molecular complexity index is 456. The quantitative estimate of drug-likeness (QED) is 0.674. The van der Waals surface area contributed by atoms with Gasteiger partial charge in [-0.05, 0) is 30.3 Å². The van der Waals surface area contributed by atoms with Gasteiger partial charge in [0.2, 0.25) is 6.41 Å². The molecule has 0 saturated carbocycles. The van der Waals surface area contributed by atoms with Gasteiger partial charge >= 0.3 is 0 Å². The summed E-state index contributed by atoms with van der Waals surface area (Å²) in [5, 5.41) is 4.06. The molecule has 1 amide bonds. The Hall–Kier alpha value is -1.62. The maximum atomic E-state index is 10.7. The van der Waals surface area contributed by atoms with Crippen LogP contribution in [-0.4, -0.2) is 47.5 Å². The molecule has 1 aromatic rings. The summed E-state index contributed by atoms with van der Waals surface area (Å²) in [6.45, 7) is 5.19. The number of rotatable bonds is 3. The molecule has 1 heterocycles. The van der Waals surface area contributed by atoms with Crippen LogP contribution in [0.25, 0.3) is 0 Å². The minimum absolute atomic E-state index is 0.737. The fourth-order valence-corrected chi connectivity index (χ4v) is 2.47. The van der Waals surface area contributed by atoms with Crippen molar-refractivity contribution < 1.29 is 4.79 Å². The fraction of sp³-hybridized carbons (Fsp3) is 0.429. The van der Waals surface area contributed by atoms with Gasteiger partial charge in [0.15, 0.2) is 5.11 Å². The third kappa shape index (κ3) is 3.44. The maximum Gasteiger partial charge on any atom is 0.209 e. The van der Waals surface area contributed by atoms with Crippen LogP contribution in [0.2, 0.25) is 0 Å². The zero-order chi connectivity index (χ0) is 13.7. The van der Waals surface area contributed by atoms with E-state index in [-0.39, 0.29) is 0 Å². The summed E-state index contributed by atoms with van der Waals surface area (Å²) in [6, 6.07) is 8.20. The number of piperazine rings is 1. The Labute approximate surface area is 119 Å². The van der Waals surface area contributed by atoms with Crippen molar-refractivity contribution in [3.8, 4) is 0 Å². The Morgan fingerprint density at radius 1 is 1.32 bits per heavy atom. The average molecular weight is 277 g/mol. The van der Waals surface area contributed by atoms with Gasteiger partial charge in [-0.1, -0.05) is 25.1 Å². The standard InChI is InChI=1S/C14H19N3OS/c1-2-12-5-3-4-6-13(12)15-14(19)17-9-7-16(11-18)8-10-17/h3-6,11H,2,7-10H2,1H3,(H,15,19). The molecule has 19 heavy (non-hydrogen) atoms. The van der Waals surface area contributed by atoms with Crippen molar-refractivity contribution in [3.63, 3.8) is 0 Å². The molecule has 0 spiro atoms. The van der Waals surface area contributed by atoms with Crippen molar-refractivity contribution in [3.05, 3.63) is 29.8 Å². The molecule has 1 fully saturated rings. The highest BCUT2D eigenvalue weighted by Crippen LogP contribution is 2.16. The first-order chi connectivity index (χ1) is 9.24. The van der Waals surface area contributed by atoms with Crippen LogP contribution in [0, 0.1) is 0 Å². The van der Waals surface area contributed by atoms with Crippen LogP contribution in [0.5, 0.6) is 0 Å². The molecule has 0 unspecified atom stereocenters. The number of anilines is 1. The van der Waals surface area contributed by atoms with Gasteiger partial charge in [-0.3, -0.25) is 4.79 Å². The van der Waals surface area contributed by atoms with E-state index in [4.69, 9.17) is 12.2 Å². The SMILES string of the molecule is CCc1ccccc1NC(=S)N1CCN(C=O)CC1. The van der Waals surface area contributed by atoms with E-state index in [1.54, 1.807) is 4.90 Å². The Kier molecular flexibility index (Phi) is 4.74. The smallest absolute Gasteiger partial charge is 0.209 e. The summed E-state index contributed by atoms with van der Waals surface area (Å²) in [6.07, 6.45) is 1.88. The van der Waals surface area contributed by atoms with Crippen molar-refractivity contribution in [1.29, 1.82) is 0 Å². The number of para-hydroxylation sites is 1. The zero-order valence-corrected chi connectivity index (χ0v) is 11.9. The number of nitrogens with zero attached hydrogens (tertiary/aromatic N) is 2. The number of carbonyl (C=O) groups is 1. The van der Waals surface area contributed by atoms with Crippen molar-refractivity contribution in [2.45, 2.75) is 13.3 Å². The summed E-state index contributed by atoms with van der Waals surface area (Å²) in [5.41, 5.74) is 2.34. The minimum Gasteiger partial charge on any atom is -0.345 e. The highest BCUT2D eigenvalue weighted by molar-refractivity contribution is 7.80. The lowest BCUT2D eigenvalue weighted by atomic mass is 10.1. The second-order valence-corrected chi connectivity index (χ2v) is 4.96. The van der Waals surface area contributed by atoms with E-state index < -0.39 is 0 Å². The lowest BCUT2D eigenvalue weighted by Crippen LogP contribution is -2.49. The minimum atomic E-state index is 0.737. The highest BCUT2D eigenvalue weighted by atomic mass is 32.1. The third-order valence-electron chi connectivity index (χ3n) is 3.39. The van der Waals surface area contributed by atoms with E-state index in [2.05, 4.69) is 23.2 Å². The lowest BCUT2D eigenvalue weighted by Gasteiger charge is -2.34. The van der Waals surface area contributed by atoms with Gasteiger partial charge in [0.1, 0.15) is 0 Å². The van der Waals surface area contributed by atoms with Gasteiger partial charge in [-0.2, -0.15) is 0 Å². The molecule has 1 aliphatic heterocycles. The topological polar surface area (TPSA) is 35.6 Å². The number of aryl methyl sites for hydroxylation is 1. The third-order valence-corrected chi connectivity index (χ3v) is 3.75. The van der Waals surface area contributed by atoms with Gasteiger partial charge in [0.25, 0.3) is 0 Å². The molecule has 1 aromatic carbocycles. The Balaban J connectivity index is 1.96. The van der Waals surface area contributed by atoms with E-state index in [1.807, 2.05) is 18.2 Å². The molecule has 0 atom stereocenters. The molecule has 5 heteroatoms. The number of amides is 1. The number of nitrogens with one attached hydrogen (secondary N) is 1. The predicted octanol–water partition coefficient (Wildman–Crippen LogP) is 1.72. The van der Waals surface area contributed by atoms with Gasteiger partial charge in [-0.25, -0.2) is 0 Å². The Morgan fingerprint density at radius 2 is 2.00 bits per heavy atom. The van der Waals surface area contributed by atoms with Crippen LogP contribution in [-0.2, 0) is 11.2 Å². The van der Waals surface area contributed by atoms with Crippen LogP contribution in [0.3, 0.4) is 0 Å². The van der Waals surface area contributed by atoms with E-state index in [0.717, 1.165) is 49.8 Å². The van der Waals surface area contributed by atoms with Gasteiger partial charge < -0.3 is 15.1 Å². The summed E-state index contributed by atoms with van der Waals surface area (Å²) < 4.78 is 0. The predicted molar refractivity (Wildman–Crippen MR) is 81.3 cm³/mol. The number of carbonyl (C=O) groups excluding carboxylic acids is 1. The van der Waals surface area contributed by atoms with E-state index in [9.17, 15) is 4.79 Å². The summed E-state index contributed by atoms with van der Waals surface area (Å²) in [7, 11) is 0. The van der Waals surface area contributed by atoms with E-state index >= 15 is 0 Å². The number of thiocarbonyl (C=S) groups is 1. The average Bonchev–Trinajstić information content (AvgIpc) is 2.48. The molecule has 4 nitrogen and oxygen atoms in total. The molecule has 2 rings (SSSR count). The first-order valence-corrected chi connectivity index (χ1v) is 6.98. The fourth-order valence-electron chi connectivity index (χ4n) is 2.18. The largest absolute Gasteiger partial charge is 0.345 e. The molecule has 1 saturated heterocycles. The van der Waals surface area contributed by atoms with Gasteiger partial charge in [0, 0.05) is 31.9 Å². The molecule has 1 N–H and O–H groups in total. The molecule has 0 aromatic heterocycles. The summed E-state index contributed by atoms with van der Waals surface area (Å²) in [4.78, 5) is 14.6. The van der Waals surface area contributed by atoms with Crippen LogP contribution in [0.4, 0.5) is 5.69 Å². The lowest BCUT2D eigenvalue weighted by molar-refractivity contribution is -0.119. The highest BCUT2D eigenvalue weighted by Gasteiger charge is 2.17. The zero-order valence-electron chi connectivity index (χ0n) is 11.1. The van der Waals surface area contributed by atoms with E-state index in [1.165, 1.54) is 5.56 Å². The molecule has 0 aliphatic carbocycles. The first-order valence-electron chi connectivity index (χ1n) is 6.57. The molecule has 1 aliphatic rings. The maximum absolute atomic E-state index is 10.7. The summed E-state index contributed by atoms with van der Waals surface area (Å²) >= 11 is 5.45. The molecular weight excluding hydrogens is 258 g/mol. The van der Waals surface area contributed by atoms with Crippen LogP contribution >= 0.6 is 12.2 Å². The second kappa shape index (κ2) is 6.52.